The summed E-state index contributed by atoms with van der Waals surface area (Å²) in [6, 6.07) is 13.2. The first-order chi connectivity index (χ1) is 19.6. The number of anilines is 1. The fourth-order valence-corrected chi connectivity index (χ4v) is 4.37. The standard InChI is InChI=1S/C30H26ClN3O7/c1-4-7-21-12-20(15-26(40-5-2)27(21)41-17-19-8-6-9-23(13-19)34(38)39)14-24-28(35)32-30(37)33(29(24)36)22-11-10-18(3)25(31)16-22/h4,6,8-16H,1,5,7,17H2,2-3H3,(H,32,35,37)/b24-14-. The minimum absolute atomic E-state index is 0.0312. The van der Waals surface area contributed by atoms with Gasteiger partial charge in [0, 0.05) is 22.7 Å². The van der Waals surface area contributed by atoms with E-state index in [9.17, 15) is 24.5 Å². The van der Waals surface area contributed by atoms with Gasteiger partial charge in [-0.15, -0.1) is 6.58 Å². The smallest absolute Gasteiger partial charge is 0.335 e. The Labute approximate surface area is 241 Å². The van der Waals surface area contributed by atoms with Gasteiger partial charge in [-0.2, -0.15) is 0 Å². The maximum absolute atomic E-state index is 13.4. The summed E-state index contributed by atoms with van der Waals surface area (Å²) in [7, 11) is 0. The number of amides is 4. The van der Waals surface area contributed by atoms with Crippen LogP contribution in [0.4, 0.5) is 16.2 Å². The molecule has 11 heteroatoms. The summed E-state index contributed by atoms with van der Waals surface area (Å²) >= 11 is 6.20. The number of hydrogen-bond acceptors (Lipinski definition) is 7. The number of nitrogens with zero attached hydrogens (tertiary/aromatic N) is 2. The van der Waals surface area contributed by atoms with Crippen molar-refractivity contribution in [3.63, 3.8) is 0 Å². The van der Waals surface area contributed by atoms with Gasteiger partial charge < -0.3 is 9.47 Å². The Hall–Kier alpha value is -4.96. The van der Waals surface area contributed by atoms with Crippen LogP contribution < -0.4 is 19.7 Å². The molecule has 0 saturated carbocycles. The molecule has 1 aliphatic heterocycles. The number of nitrogens with one attached hydrogen (secondary N) is 1. The lowest BCUT2D eigenvalue weighted by molar-refractivity contribution is -0.384. The number of nitro benzene ring substituents is 1. The van der Waals surface area contributed by atoms with Crippen LogP contribution in [0, 0.1) is 17.0 Å². The van der Waals surface area contributed by atoms with Gasteiger partial charge in [0.2, 0.25) is 0 Å². The van der Waals surface area contributed by atoms with Crippen LogP contribution in [0.15, 0.2) is 72.8 Å². The maximum Gasteiger partial charge on any atom is 0.335 e. The van der Waals surface area contributed by atoms with Crippen LogP contribution in [0.25, 0.3) is 6.08 Å². The quantitative estimate of drug-likeness (QED) is 0.104. The van der Waals surface area contributed by atoms with E-state index >= 15 is 0 Å². The van der Waals surface area contributed by atoms with Gasteiger partial charge >= 0.3 is 6.03 Å². The number of carbonyl (C=O) groups excluding carboxylic acids is 3. The zero-order valence-electron chi connectivity index (χ0n) is 22.3. The minimum atomic E-state index is -0.885. The molecule has 0 spiro atoms. The van der Waals surface area contributed by atoms with E-state index < -0.39 is 22.8 Å². The lowest BCUT2D eigenvalue weighted by atomic mass is 10.0. The highest BCUT2D eigenvalue weighted by Crippen LogP contribution is 2.36. The second kappa shape index (κ2) is 12.5. The van der Waals surface area contributed by atoms with E-state index in [2.05, 4.69) is 11.9 Å². The van der Waals surface area contributed by atoms with Crippen LogP contribution in [0.5, 0.6) is 11.5 Å². The summed E-state index contributed by atoms with van der Waals surface area (Å²) < 4.78 is 11.9. The molecule has 41 heavy (non-hydrogen) atoms. The molecule has 0 aliphatic carbocycles. The molecule has 0 bridgehead atoms. The molecule has 0 atom stereocenters. The average Bonchev–Trinajstić information content (AvgIpc) is 2.93. The molecule has 4 amide bonds. The Bertz CT molecular complexity index is 1600. The average molecular weight is 576 g/mol. The van der Waals surface area contributed by atoms with E-state index in [1.165, 1.54) is 24.3 Å². The predicted molar refractivity (Wildman–Crippen MR) is 154 cm³/mol. The van der Waals surface area contributed by atoms with Gasteiger partial charge in [-0.1, -0.05) is 35.9 Å². The van der Waals surface area contributed by atoms with Crippen molar-refractivity contribution in [2.45, 2.75) is 26.9 Å². The highest BCUT2D eigenvalue weighted by Gasteiger charge is 2.37. The first-order valence-corrected chi connectivity index (χ1v) is 12.9. The van der Waals surface area contributed by atoms with E-state index in [4.69, 9.17) is 21.1 Å². The molecule has 1 saturated heterocycles. The van der Waals surface area contributed by atoms with Gasteiger partial charge in [0.1, 0.15) is 12.2 Å². The topological polar surface area (TPSA) is 128 Å². The van der Waals surface area contributed by atoms with Crippen LogP contribution in [0.2, 0.25) is 5.02 Å². The number of aryl methyl sites for hydroxylation is 1. The van der Waals surface area contributed by atoms with Crippen LogP contribution >= 0.6 is 11.6 Å². The Morgan fingerprint density at radius 1 is 1.10 bits per heavy atom. The van der Waals surface area contributed by atoms with Crippen molar-refractivity contribution in [3.05, 3.63) is 110 Å². The van der Waals surface area contributed by atoms with Gasteiger partial charge in [-0.25, -0.2) is 9.69 Å². The summed E-state index contributed by atoms with van der Waals surface area (Å²) in [4.78, 5) is 50.2. The number of carbonyl (C=O) groups is 3. The predicted octanol–water partition coefficient (Wildman–Crippen LogP) is 5.93. The van der Waals surface area contributed by atoms with Crippen LogP contribution in [-0.4, -0.2) is 29.4 Å². The van der Waals surface area contributed by atoms with Gasteiger partial charge in [-0.05, 0) is 67.3 Å². The highest BCUT2D eigenvalue weighted by atomic mass is 35.5. The van der Waals surface area contributed by atoms with Crippen molar-refractivity contribution in [2.24, 2.45) is 0 Å². The van der Waals surface area contributed by atoms with Crippen molar-refractivity contribution in [1.82, 2.24) is 5.32 Å². The third-order valence-corrected chi connectivity index (χ3v) is 6.56. The monoisotopic (exact) mass is 575 g/mol. The largest absolute Gasteiger partial charge is 0.490 e. The van der Waals surface area contributed by atoms with Gasteiger partial charge in [0.25, 0.3) is 17.5 Å². The van der Waals surface area contributed by atoms with Gasteiger partial charge in [0.05, 0.1) is 17.2 Å². The number of rotatable bonds is 10. The van der Waals surface area contributed by atoms with E-state index in [1.54, 1.807) is 56.3 Å². The zero-order chi connectivity index (χ0) is 29.7. The number of non-ortho nitro benzene ring substituents is 1. The van der Waals surface area contributed by atoms with Crippen molar-refractivity contribution < 1.29 is 28.8 Å². The number of urea groups is 1. The van der Waals surface area contributed by atoms with E-state index in [0.29, 0.717) is 39.6 Å². The zero-order valence-corrected chi connectivity index (χ0v) is 23.1. The lowest BCUT2D eigenvalue weighted by Crippen LogP contribution is -2.54. The van der Waals surface area contributed by atoms with Gasteiger partial charge in [-0.3, -0.25) is 25.0 Å². The third-order valence-electron chi connectivity index (χ3n) is 6.15. The number of hydrogen-bond donors (Lipinski definition) is 1. The number of allylic oxidation sites excluding steroid dienone is 1. The Morgan fingerprint density at radius 3 is 2.56 bits per heavy atom. The number of ether oxygens (including phenoxy) is 2. The highest BCUT2D eigenvalue weighted by molar-refractivity contribution is 6.39. The fourth-order valence-electron chi connectivity index (χ4n) is 4.20. The maximum atomic E-state index is 13.4. The third kappa shape index (κ3) is 6.44. The lowest BCUT2D eigenvalue weighted by Gasteiger charge is -2.26. The first-order valence-electron chi connectivity index (χ1n) is 12.6. The molecule has 3 aromatic carbocycles. The SMILES string of the molecule is C=CCc1cc(/C=C2/C(=O)NC(=O)N(c3ccc(C)c(Cl)c3)C2=O)cc(OCC)c1OCc1cccc([N+](=O)[O-])c1. The molecule has 1 aliphatic rings. The molecule has 0 unspecified atom stereocenters. The number of benzene rings is 3. The Morgan fingerprint density at radius 2 is 1.88 bits per heavy atom. The van der Waals surface area contributed by atoms with Crippen LogP contribution in [-0.2, 0) is 22.6 Å². The minimum Gasteiger partial charge on any atom is -0.490 e. The number of nitro groups is 1. The molecule has 1 fully saturated rings. The Balaban J connectivity index is 1.71. The molecular weight excluding hydrogens is 550 g/mol. The van der Waals surface area contributed by atoms with E-state index in [0.717, 1.165) is 10.5 Å². The van der Waals surface area contributed by atoms with Crippen molar-refractivity contribution in [1.29, 1.82) is 0 Å². The Kier molecular flexibility index (Phi) is 8.84. The van der Waals surface area contributed by atoms with Gasteiger partial charge in [0.15, 0.2) is 11.5 Å². The van der Waals surface area contributed by atoms with Crippen LogP contribution in [0.1, 0.15) is 29.2 Å². The molecule has 10 nitrogen and oxygen atoms in total. The molecule has 3 aromatic rings. The number of imide groups is 2. The summed E-state index contributed by atoms with van der Waals surface area (Å²) in [6.07, 6.45) is 3.38. The second-order valence-electron chi connectivity index (χ2n) is 9.04. The number of halogens is 1. The summed E-state index contributed by atoms with van der Waals surface area (Å²) in [5.74, 6) is -0.923. The summed E-state index contributed by atoms with van der Waals surface area (Å²) in [5.41, 5.74) is 2.33. The molecule has 0 aromatic heterocycles. The van der Waals surface area contributed by atoms with Crippen LogP contribution in [0.3, 0.4) is 0 Å². The molecule has 1 N–H and O–H groups in total. The number of barbiturate groups is 1. The normalized spacial score (nSPS) is 14.2. The van der Waals surface area contributed by atoms with E-state index in [-0.39, 0.29) is 30.2 Å². The molecule has 0 radical (unpaired) electrons. The molecule has 210 valence electrons. The van der Waals surface area contributed by atoms with Crippen molar-refractivity contribution >= 4 is 46.9 Å². The second-order valence-corrected chi connectivity index (χ2v) is 9.45. The molecule has 1 heterocycles. The summed E-state index contributed by atoms with van der Waals surface area (Å²) in [5, 5.41) is 13.7. The molecular formula is C30H26ClN3O7. The fraction of sp³-hybridized carbons (Fsp3) is 0.167. The van der Waals surface area contributed by atoms with Crippen molar-refractivity contribution in [3.8, 4) is 11.5 Å². The first kappa shape index (κ1) is 29.0. The van der Waals surface area contributed by atoms with Crippen molar-refractivity contribution in [2.75, 3.05) is 11.5 Å². The van der Waals surface area contributed by atoms with E-state index in [1.807, 2.05) is 0 Å². The molecule has 4 rings (SSSR count). The summed E-state index contributed by atoms with van der Waals surface area (Å²) in [6.45, 7) is 7.69.